The number of amides is 1. The smallest absolute Gasteiger partial charge is 0.265 e. The van der Waals surface area contributed by atoms with Gasteiger partial charge >= 0.3 is 0 Å². The molecule has 1 fully saturated rings. The van der Waals surface area contributed by atoms with Crippen LogP contribution in [0.4, 0.5) is 10.9 Å². The van der Waals surface area contributed by atoms with Crippen LogP contribution in [0.1, 0.15) is 29.4 Å². The van der Waals surface area contributed by atoms with Crippen LogP contribution < -0.4 is 16.0 Å². The second-order valence-corrected chi connectivity index (χ2v) is 8.41. The molecule has 1 aliphatic rings. The number of carbonyl (C=O) groups excluding carboxylic acids is 1. The molecule has 0 aliphatic carbocycles. The first-order valence-corrected chi connectivity index (χ1v) is 9.45. The van der Waals surface area contributed by atoms with Crippen LogP contribution in [-0.4, -0.2) is 50.4 Å². The highest BCUT2D eigenvalue weighted by atomic mass is 32.2. The monoisotopic (exact) mass is 332 g/mol. The molecule has 118 valence electrons. The summed E-state index contributed by atoms with van der Waals surface area (Å²) in [6.07, 6.45) is 0.906. The van der Waals surface area contributed by atoms with E-state index in [2.05, 4.69) is 10.3 Å². The van der Waals surface area contributed by atoms with E-state index in [1.807, 2.05) is 18.9 Å². The van der Waals surface area contributed by atoms with Gasteiger partial charge in [-0.15, -0.1) is 0 Å². The first kappa shape index (κ1) is 16.0. The zero-order chi connectivity index (χ0) is 15.6. The van der Waals surface area contributed by atoms with Gasteiger partial charge in [-0.1, -0.05) is 11.3 Å². The molecule has 1 aliphatic heterocycles. The number of aromatic nitrogens is 1. The van der Waals surface area contributed by atoms with Crippen molar-refractivity contribution in [2.45, 2.75) is 25.8 Å². The fraction of sp³-hybridized carbons (Fsp3) is 0.667. The Morgan fingerprint density at radius 2 is 2.10 bits per heavy atom. The summed E-state index contributed by atoms with van der Waals surface area (Å²) >= 11 is 1.25. The number of rotatable bonds is 4. The molecule has 2 heterocycles. The molecular formula is C12H20N4O3S2. The van der Waals surface area contributed by atoms with Crippen LogP contribution in [0.3, 0.4) is 0 Å². The number of carbonyl (C=O) groups is 1. The average molecular weight is 332 g/mol. The van der Waals surface area contributed by atoms with E-state index < -0.39 is 9.84 Å². The number of hydrogen-bond donors (Lipinski definition) is 2. The minimum Gasteiger partial charge on any atom is -0.382 e. The van der Waals surface area contributed by atoms with E-state index in [-0.39, 0.29) is 29.3 Å². The van der Waals surface area contributed by atoms with Gasteiger partial charge in [-0.2, -0.15) is 0 Å². The first-order chi connectivity index (χ1) is 9.82. The number of hydrogen-bond acceptors (Lipinski definition) is 7. The van der Waals surface area contributed by atoms with Crippen LogP contribution in [0.2, 0.25) is 0 Å². The van der Waals surface area contributed by atoms with Gasteiger partial charge in [0, 0.05) is 19.6 Å². The summed E-state index contributed by atoms with van der Waals surface area (Å²) in [4.78, 5) is 18.7. The molecule has 0 spiro atoms. The van der Waals surface area contributed by atoms with Gasteiger partial charge in [0.2, 0.25) is 0 Å². The second kappa shape index (κ2) is 6.18. The molecule has 0 saturated carbocycles. The van der Waals surface area contributed by atoms with Gasteiger partial charge in [0.1, 0.15) is 20.5 Å². The molecule has 0 bridgehead atoms. The third-order valence-electron chi connectivity index (χ3n) is 3.54. The number of nitrogens with two attached hydrogens (primary N) is 1. The third-order valence-corrected chi connectivity index (χ3v) is 6.44. The molecule has 0 atom stereocenters. The molecular weight excluding hydrogens is 312 g/mol. The standard InChI is InChI=1S/C12H20N4O3S2/c1-3-16(2)12-15-10(13)9(20-12)11(17)14-8-4-6-21(18,19)7-5-8/h8H,3-7,13H2,1-2H3,(H,14,17). The van der Waals surface area contributed by atoms with Crippen LogP contribution in [0.25, 0.3) is 0 Å². The number of anilines is 2. The maximum Gasteiger partial charge on any atom is 0.265 e. The molecule has 1 saturated heterocycles. The van der Waals surface area contributed by atoms with Crippen molar-refractivity contribution in [2.24, 2.45) is 0 Å². The zero-order valence-corrected chi connectivity index (χ0v) is 13.8. The lowest BCUT2D eigenvalue weighted by atomic mass is 10.1. The van der Waals surface area contributed by atoms with Gasteiger partial charge in [-0.25, -0.2) is 13.4 Å². The van der Waals surface area contributed by atoms with Crippen molar-refractivity contribution < 1.29 is 13.2 Å². The molecule has 0 aromatic carbocycles. The van der Waals surface area contributed by atoms with E-state index in [4.69, 9.17) is 5.73 Å². The lowest BCUT2D eigenvalue weighted by Crippen LogP contribution is -2.40. The fourth-order valence-electron chi connectivity index (χ4n) is 2.07. The van der Waals surface area contributed by atoms with Crippen molar-refractivity contribution in [2.75, 3.05) is 35.7 Å². The van der Waals surface area contributed by atoms with Gasteiger partial charge in [0.05, 0.1) is 11.5 Å². The Labute approximate surface area is 128 Å². The predicted octanol–water partition coefficient (Wildman–Crippen LogP) is 0.488. The molecule has 0 radical (unpaired) electrons. The molecule has 9 heteroatoms. The van der Waals surface area contributed by atoms with Crippen molar-refractivity contribution in [1.82, 2.24) is 10.3 Å². The van der Waals surface area contributed by atoms with Crippen LogP contribution in [0.5, 0.6) is 0 Å². The highest BCUT2D eigenvalue weighted by molar-refractivity contribution is 7.91. The maximum atomic E-state index is 12.2. The van der Waals surface area contributed by atoms with Crippen molar-refractivity contribution in [3.8, 4) is 0 Å². The molecule has 7 nitrogen and oxygen atoms in total. The summed E-state index contributed by atoms with van der Waals surface area (Å²) in [6.45, 7) is 2.76. The maximum absolute atomic E-state index is 12.2. The van der Waals surface area contributed by atoms with Gasteiger partial charge < -0.3 is 16.0 Å². The van der Waals surface area contributed by atoms with Crippen molar-refractivity contribution in [1.29, 1.82) is 0 Å². The van der Waals surface area contributed by atoms with Gasteiger partial charge in [0.25, 0.3) is 5.91 Å². The molecule has 2 rings (SSSR count). The lowest BCUT2D eigenvalue weighted by molar-refractivity contribution is 0.0939. The Kier molecular flexibility index (Phi) is 4.72. The third kappa shape index (κ3) is 3.85. The SMILES string of the molecule is CCN(C)c1nc(N)c(C(=O)NC2CCS(=O)(=O)CC2)s1. The lowest BCUT2D eigenvalue weighted by Gasteiger charge is -2.22. The van der Waals surface area contributed by atoms with E-state index in [9.17, 15) is 13.2 Å². The number of nitrogens with zero attached hydrogens (tertiary/aromatic N) is 2. The molecule has 0 unspecified atom stereocenters. The molecule has 3 N–H and O–H groups in total. The van der Waals surface area contributed by atoms with Crippen LogP contribution >= 0.6 is 11.3 Å². The number of nitrogen functional groups attached to an aromatic ring is 1. The molecule has 1 aromatic heterocycles. The second-order valence-electron chi connectivity index (χ2n) is 5.12. The topological polar surface area (TPSA) is 105 Å². The summed E-state index contributed by atoms with van der Waals surface area (Å²) < 4.78 is 22.7. The zero-order valence-electron chi connectivity index (χ0n) is 12.1. The summed E-state index contributed by atoms with van der Waals surface area (Å²) in [5, 5.41) is 3.55. The highest BCUT2D eigenvalue weighted by Crippen LogP contribution is 2.27. The van der Waals surface area contributed by atoms with Gasteiger partial charge in [-0.05, 0) is 19.8 Å². The Morgan fingerprint density at radius 1 is 1.48 bits per heavy atom. The van der Waals surface area contributed by atoms with Crippen LogP contribution in [0.15, 0.2) is 0 Å². The minimum atomic E-state index is -2.93. The Bertz CT molecular complexity index is 612. The summed E-state index contributed by atoms with van der Waals surface area (Å²) in [6, 6.07) is -0.116. The number of nitrogens with one attached hydrogen (secondary N) is 1. The largest absolute Gasteiger partial charge is 0.382 e. The Morgan fingerprint density at radius 3 is 2.67 bits per heavy atom. The van der Waals surface area contributed by atoms with E-state index in [0.717, 1.165) is 6.54 Å². The summed E-state index contributed by atoms with van der Waals surface area (Å²) in [5.74, 6) is 0.196. The van der Waals surface area contributed by atoms with E-state index >= 15 is 0 Å². The highest BCUT2D eigenvalue weighted by Gasteiger charge is 2.26. The Hall–Kier alpha value is -1.35. The van der Waals surface area contributed by atoms with Crippen LogP contribution in [-0.2, 0) is 9.84 Å². The number of sulfone groups is 1. The molecule has 1 aromatic rings. The van der Waals surface area contributed by atoms with Gasteiger partial charge in [-0.3, -0.25) is 4.79 Å². The van der Waals surface area contributed by atoms with E-state index in [1.54, 1.807) is 0 Å². The Balaban J connectivity index is 2.02. The van der Waals surface area contributed by atoms with Crippen molar-refractivity contribution in [3.63, 3.8) is 0 Å². The molecule has 1 amide bonds. The van der Waals surface area contributed by atoms with Gasteiger partial charge in [0.15, 0.2) is 5.13 Å². The quantitative estimate of drug-likeness (QED) is 0.831. The summed E-state index contributed by atoms with van der Waals surface area (Å²) in [5.41, 5.74) is 5.80. The van der Waals surface area contributed by atoms with Crippen molar-refractivity contribution in [3.05, 3.63) is 4.88 Å². The van der Waals surface area contributed by atoms with Crippen molar-refractivity contribution >= 4 is 38.0 Å². The van der Waals surface area contributed by atoms with E-state index in [1.165, 1.54) is 11.3 Å². The minimum absolute atomic E-state index is 0.116. The first-order valence-electron chi connectivity index (χ1n) is 6.81. The summed E-state index contributed by atoms with van der Waals surface area (Å²) in [7, 11) is -1.05. The normalized spacial score (nSPS) is 18.4. The predicted molar refractivity (Wildman–Crippen MR) is 84.6 cm³/mol. The fourth-order valence-corrected chi connectivity index (χ4v) is 4.47. The number of thiazole rings is 1. The van der Waals surface area contributed by atoms with Crippen LogP contribution in [0, 0.1) is 0 Å². The molecule has 21 heavy (non-hydrogen) atoms. The average Bonchev–Trinajstić information content (AvgIpc) is 2.82. The van der Waals surface area contributed by atoms with E-state index in [0.29, 0.717) is 22.9 Å².